The fourth-order valence-electron chi connectivity index (χ4n) is 1.99. The minimum Gasteiger partial charge on any atom is -0.377 e. The first-order chi connectivity index (χ1) is 7.33. The molecule has 0 spiro atoms. The maximum absolute atomic E-state index is 13.0. The number of anilines is 1. The van der Waals surface area contributed by atoms with E-state index in [-0.39, 0.29) is 5.82 Å². The molecule has 0 bridgehead atoms. The van der Waals surface area contributed by atoms with E-state index in [0.717, 1.165) is 17.7 Å². The van der Waals surface area contributed by atoms with E-state index in [4.69, 9.17) is 0 Å². The third kappa shape index (κ3) is 1.53. The van der Waals surface area contributed by atoms with Crippen molar-refractivity contribution in [2.45, 2.75) is 12.5 Å². The molecule has 1 aliphatic rings. The van der Waals surface area contributed by atoms with Crippen molar-refractivity contribution in [3.05, 3.63) is 52.0 Å². The molecule has 1 atom stereocenters. The molecular weight excluding hydrogens is 209 g/mol. The van der Waals surface area contributed by atoms with Crippen LogP contribution in [0.25, 0.3) is 0 Å². The molecule has 1 aromatic carbocycles. The summed E-state index contributed by atoms with van der Waals surface area (Å²) in [5.41, 5.74) is 2.14. The lowest BCUT2D eigenvalue weighted by molar-refractivity contribution is 0.626. The zero-order valence-electron chi connectivity index (χ0n) is 8.03. The average Bonchev–Trinajstić information content (AvgIpc) is 2.84. The summed E-state index contributed by atoms with van der Waals surface area (Å²) in [5, 5.41) is 5.48. The third-order valence-corrected chi connectivity index (χ3v) is 3.69. The van der Waals surface area contributed by atoms with Crippen LogP contribution in [0.2, 0.25) is 0 Å². The molecular formula is C12H10FNS. The molecule has 1 aromatic heterocycles. The van der Waals surface area contributed by atoms with Crippen molar-refractivity contribution < 1.29 is 4.39 Å². The van der Waals surface area contributed by atoms with Gasteiger partial charge in [0.15, 0.2) is 0 Å². The van der Waals surface area contributed by atoms with Gasteiger partial charge in [-0.25, -0.2) is 4.39 Å². The van der Waals surface area contributed by atoms with Gasteiger partial charge >= 0.3 is 0 Å². The van der Waals surface area contributed by atoms with Crippen molar-refractivity contribution in [2.75, 3.05) is 5.32 Å². The van der Waals surface area contributed by atoms with Crippen molar-refractivity contribution >= 4 is 17.0 Å². The lowest BCUT2D eigenvalue weighted by Gasteiger charge is -2.07. The minimum absolute atomic E-state index is 0.151. The fraction of sp³-hybridized carbons (Fsp3) is 0.167. The Balaban J connectivity index is 1.92. The summed E-state index contributed by atoms with van der Waals surface area (Å²) < 4.78 is 13.0. The van der Waals surface area contributed by atoms with Crippen LogP contribution in [-0.2, 0) is 6.42 Å². The molecule has 0 fully saturated rings. The third-order valence-electron chi connectivity index (χ3n) is 2.71. The van der Waals surface area contributed by atoms with E-state index in [1.807, 2.05) is 12.1 Å². The Morgan fingerprint density at radius 2 is 2.27 bits per heavy atom. The number of thiophene rings is 1. The van der Waals surface area contributed by atoms with E-state index in [9.17, 15) is 4.39 Å². The van der Waals surface area contributed by atoms with Gasteiger partial charge < -0.3 is 5.32 Å². The first-order valence-electron chi connectivity index (χ1n) is 4.91. The molecule has 3 rings (SSSR count). The summed E-state index contributed by atoms with van der Waals surface area (Å²) in [7, 11) is 0. The van der Waals surface area contributed by atoms with Crippen LogP contribution in [0.4, 0.5) is 10.1 Å². The second kappa shape index (κ2) is 3.35. The van der Waals surface area contributed by atoms with E-state index in [0.29, 0.717) is 6.04 Å². The van der Waals surface area contributed by atoms with E-state index >= 15 is 0 Å². The molecule has 0 aliphatic carbocycles. The minimum atomic E-state index is -0.151. The van der Waals surface area contributed by atoms with Gasteiger partial charge in [0.25, 0.3) is 0 Å². The molecule has 1 nitrogen and oxygen atoms in total. The number of hydrogen-bond donors (Lipinski definition) is 1. The van der Waals surface area contributed by atoms with Crippen LogP contribution in [0, 0.1) is 5.82 Å². The smallest absolute Gasteiger partial charge is 0.123 e. The topological polar surface area (TPSA) is 12.0 Å². The lowest BCUT2D eigenvalue weighted by atomic mass is 10.1. The molecule has 1 unspecified atom stereocenters. The van der Waals surface area contributed by atoms with Crippen LogP contribution < -0.4 is 5.32 Å². The fourth-order valence-corrected chi connectivity index (χ4v) is 2.77. The molecule has 0 radical (unpaired) electrons. The van der Waals surface area contributed by atoms with Gasteiger partial charge in [-0.15, -0.1) is 11.3 Å². The molecule has 1 N–H and O–H groups in total. The zero-order valence-corrected chi connectivity index (χ0v) is 8.85. The summed E-state index contributed by atoms with van der Waals surface area (Å²) in [6.45, 7) is 0. The summed E-state index contributed by atoms with van der Waals surface area (Å²) in [6, 6.07) is 9.42. The van der Waals surface area contributed by atoms with E-state index in [1.165, 1.54) is 10.9 Å². The molecule has 15 heavy (non-hydrogen) atoms. The van der Waals surface area contributed by atoms with Gasteiger partial charge in [-0.05, 0) is 41.6 Å². The molecule has 0 amide bonds. The van der Waals surface area contributed by atoms with Crippen LogP contribution in [0.15, 0.2) is 35.7 Å². The molecule has 0 saturated heterocycles. The predicted molar refractivity (Wildman–Crippen MR) is 60.8 cm³/mol. The molecule has 76 valence electrons. The van der Waals surface area contributed by atoms with Gasteiger partial charge in [0.05, 0.1) is 6.04 Å². The Bertz CT molecular complexity index is 478. The molecule has 3 heteroatoms. The van der Waals surface area contributed by atoms with Crippen LogP contribution >= 0.6 is 11.3 Å². The molecule has 0 saturated carbocycles. The highest BCUT2D eigenvalue weighted by atomic mass is 32.1. The van der Waals surface area contributed by atoms with Crippen molar-refractivity contribution in [3.8, 4) is 0 Å². The van der Waals surface area contributed by atoms with Gasteiger partial charge in [-0.3, -0.25) is 0 Å². The SMILES string of the molecule is Fc1ccc2c(c1)CC(c1cccs1)N2. The number of hydrogen-bond acceptors (Lipinski definition) is 2. The van der Waals surface area contributed by atoms with Gasteiger partial charge in [-0.1, -0.05) is 6.07 Å². The Morgan fingerprint density at radius 1 is 1.33 bits per heavy atom. The Labute approximate surface area is 91.6 Å². The van der Waals surface area contributed by atoms with Crippen LogP contribution in [0.3, 0.4) is 0 Å². The van der Waals surface area contributed by atoms with E-state index in [2.05, 4.69) is 16.8 Å². The van der Waals surface area contributed by atoms with Crippen molar-refractivity contribution in [2.24, 2.45) is 0 Å². The van der Waals surface area contributed by atoms with Crippen LogP contribution in [0.5, 0.6) is 0 Å². The maximum Gasteiger partial charge on any atom is 0.123 e. The lowest BCUT2D eigenvalue weighted by Crippen LogP contribution is -2.02. The van der Waals surface area contributed by atoms with Gasteiger partial charge in [-0.2, -0.15) is 0 Å². The second-order valence-corrected chi connectivity index (χ2v) is 4.70. The largest absolute Gasteiger partial charge is 0.377 e. The standard InChI is InChI=1S/C12H10FNS/c13-9-3-4-10-8(6-9)7-11(14-10)12-2-1-5-15-12/h1-6,11,14H,7H2. The average molecular weight is 219 g/mol. The summed E-state index contributed by atoms with van der Waals surface area (Å²) in [4.78, 5) is 1.31. The molecule has 2 aromatic rings. The van der Waals surface area contributed by atoms with Gasteiger partial charge in [0, 0.05) is 10.6 Å². The van der Waals surface area contributed by atoms with Gasteiger partial charge in [0.1, 0.15) is 5.82 Å². The number of fused-ring (bicyclic) bond motifs is 1. The maximum atomic E-state index is 13.0. The number of halogens is 1. The van der Waals surface area contributed by atoms with Crippen molar-refractivity contribution in [3.63, 3.8) is 0 Å². The normalized spacial score (nSPS) is 18.6. The molecule has 2 heterocycles. The monoisotopic (exact) mass is 219 g/mol. The van der Waals surface area contributed by atoms with Crippen molar-refractivity contribution in [1.29, 1.82) is 0 Å². The Hall–Kier alpha value is -1.35. The first kappa shape index (κ1) is 8.92. The number of benzene rings is 1. The Morgan fingerprint density at radius 3 is 3.07 bits per heavy atom. The highest BCUT2D eigenvalue weighted by molar-refractivity contribution is 7.10. The summed E-state index contributed by atoms with van der Waals surface area (Å²) in [5.74, 6) is -0.151. The van der Waals surface area contributed by atoms with E-state index < -0.39 is 0 Å². The van der Waals surface area contributed by atoms with Crippen LogP contribution in [0.1, 0.15) is 16.5 Å². The first-order valence-corrected chi connectivity index (χ1v) is 5.79. The second-order valence-electron chi connectivity index (χ2n) is 3.72. The predicted octanol–water partition coefficient (Wildman–Crippen LogP) is 3.60. The number of rotatable bonds is 1. The van der Waals surface area contributed by atoms with Crippen LogP contribution in [-0.4, -0.2) is 0 Å². The van der Waals surface area contributed by atoms with E-state index in [1.54, 1.807) is 17.4 Å². The number of nitrogens with one attached hydrogen (secondary N) is 1. The highest BCUT2D eigenvalue weighted by Crippen LogP contribution is 2.35. The summed E-state index contributed by atoms with van der Waals surface area (Å²) >= 11 is 1.74. The van der Waals surface area contributed by atoms with Gasteiger partial charge in [0.2, 0.25) is 0 Å². The van der Waals surface area contributed by atoms with Crippen molar-refractivity contribution in [1.82, 2.24) is 0 Å². The Kier molecular flexibility index (Phi) is 1.99. The quantitative estimate of drug-likeness (QED) is 0.772. The molecule has 1 aliphatic heterocycles. The highest BCUT2D eigenvalue weighted by Gasteiger charge is 2.22. The summed E-state index contributed by atoms with van der Waals surface area (Å²) in [6.07, 6.45) is 0.883. The zero-order chi connectivity index (χ0) is 10.3.